The largest absolute Gasteiger partial charge is 0.454 e. The SMILES string of the molecule is Cc1nn(Cc2ccccc2)c(C)c1CNC(=O)/C=C/c1ccc2c(c1)OCO2. The molecule has 1 aliphatic heterocycles. The maximum Gasteiger partial charge on any atom is 0.244 e. The van der Waals surface area contributed by atoms with E-state index in [1.54, 1.807) is 6.08 Å². The Morgan fingerprint density at radius 2 is 1.93 bits per heavy atom. The zero-order chi connectivity index (χ0) is 20.2. The van der Waals surface area contributed by atoms with Crippen LogP contribution >= 0.6 is 0 Å². The molecule has 6 heteroatoms. The maximum absolute atomic E-state index is 12.3. The molecule has 0 saturated heterocycles. The van der Waals surface area contributed by atoms with Gasteiger partial charge in [0.25, 0.3) is 0 Å². The van der Waals surface area contributed by atoms with Crippen LogP contribution < -0.4 is 14.8 Å². The first-order valence-electron chi connectivity index (χ1n) is 9.52. The average molecular weight is 389 g/mol. The van der Waals surface area contributed by atoms with Crippen molar-refractivity contribution in [3.8, 4) is 11.5 Å². The number of nitrogens with one attached hydrogen (secondary N) is 1. The zero-order valence-electron chi connectivity index (χ0n) is 16.5. The molecule has 1 amide bonds. The molecule has 0 atom stereocenters. The highest BCUT2D eigenvalue weighted by Crippen LogP contribution is 2.32. The van der Waals surface area contributed by atoms with Gasteiger partial charge in [0.05, 0.1) is 12.2 Å². The summed E-state index contributed by atoms with van der Waals surface area (Å²) in [6.07, 6.45) is 3.28. The van der Waals surface area contributed by atoms with E-state index in [0.717, 1.165) is 28.3 Å². The number of rotatable bonds is 6. The molecule has 2 aromatic carbocycles. The number of carbonyl (C=O) groups is 1. The van der Waals surface area contributed by atoms with Gasteiger partial charge >= 0.3 is 0 Å². The van der Waals surface area contributed by atoms with E-state index in [1.165, 1.54) is 11.6 Å². The molecule has 3 aromatic rings. The highest BCUT2D eigenvalue weighted by atomic mass is 16.7. The number of hydrogen-bond acceptors (Lipinski definition) is 4. The molecular weight excluding hydrogens is 366 g/mol. The van der Waals surface area contributed by atoms with E-state index in [1.807, 2.05) is 54.9 Å². The fourth-order valence-electron chi connectivity index (χ4n) is 3.32. The van der Waals surface area contributed by atoms with Gasteiger partial charge in [-0.25, -0.2) is 0 Å². The standard InChI is InChI=1S/C23H23N3O3/c1-16-20(17(2)26(25-16)14-19-6-4-3-5-7-19)13-24-23(27)11-9-18-8-10-21-22(12-18)29-15-28-21/h3-12H,13-15H2,1-2H3,(H,24,27)/b11-9+. The van der Waals surface area contributed by atoms with Crippen LogP contribution in [0.2, 0.25) is 0 Å². The van der Waals surface area contributed by atoms with Gasteiger partial charge in [0.2, 0.25) is 12.7 Å². The van der Waals surface area contributed by atoms with Crippen LogP contribution in [0.5, 0.6) is 11.5 Å². The van der Waals surface area contributed by atoms with Crippen molar-refractivity contribution in [1.82, 2.24) is 15.1 Å². The third kappa shape index (κ3) is 4.32. The van der Waals surface area contributed by atoms with E-state index in [4.69, 9.17) is 9.47 Å². The van der Waals surface area contributed by atoms with E-state index in [0.29, 0.717) is 18.8 Å². The highest BCUT2D eigenvalue weighted by Gasteiger charge is 2.13. The molecule has 0 fully saturated rings. The Balaban J connectivity index is 1.38. The lowest BCUT2D eigenvalue weighted by Gasteiger charge is -2.06. The molecule has 4 rings (SSSR count). The van der Waals surface area contributed by atoms with Gasteiger partial charge in [0, 0.05) is 23.9 Å². The molecule has 1 aromatic heterocycles. The number of aryl methyl sites for hydroxylation is 1. The lowest BCUT2D eigenvalue weighted by atomic mass is 10.1. The number of amides is 1. The van der Waals surface area contributed by atoms with Gasteiger partial charge in [-0.15, -0.1) is 0 Å². The van der Waals surface area contributed by atoms with Crippen LogP contribution in [0.3, 0.4) is 0 Å². The van der Waals surface area contributed by atoms with Crippen molar-refractivity contribution in [1.29, 1.82) is 0 Å². The number of hydrogen-bond donors (Lipinski definition) is 1. The smallest absolute Gasteiger partial charge is 0.244 e. The van der Waals surface area contributed by atoms with E-state index in [-0.39, 0.29) is 12.7 Å². The minimum absolute atomic E-state index is 0.155. The van der Waals surface area contributed by atoms with Crippen LogP contribution in [0.1, 0.15) is 28.1 Å². The Labute approximate surface area is 169 Å². The molecular formula is C23H23N3O3. The molecule has 0 bridgehead atoms. The Kier molecular flexibility index (Phi) is 5.33. The normalized spacial score (nSPS) is 12.5. The summed E-state index contributed by atoms with van der Waals surface area (Å²) >= 11 is 0. The second kappa shape index (κ2) is 8.22. The lowest BCUT2D eigenvalue weighted by molar-refractivity contribution is -0.116. The van der Waals surface area contributed by atoms with Crippen LogP contribution in [0.15, 0.2) is 54.6 Å². The molecule has 148 valence electrons. The van der Waals surface area contributed by atoms with Crippen molar-refractivity contribution in [2.75, 3.05) is 6.79 Å². The van der Waals surface area contributed by atoms with Crippen molar-refractivity contribution in [2.45, 2.75) is 26.9 Å². The van der Waals surface area contributed by atoms with Crippen molar-refractivity contribution < 1.29 is 14.3 Å². The van der Waals surface area contributed by atoms with Crippen molar-refractivity contribution in [3.05, 3.63) is 82.7 Å². The van der Waals surface area contributed by atoms with Gasteiger partial charge < -0.3 is 14.8 Å². The number of aromatic nitrogens is 2. The molecule has 1 aliphatic rings. The van der Waals surface area contributed by atoms with Crippen LogP contribution in [0, 0.1) is 13.8 Å². The summed E-state index contributed by atoms with van der Waals surface area (Å²) in [5, 5.41) is 7.58. The minimum Gasteiger partial charge on any atom is -0.454 e. The lowest BCUT2D eigenvalue weighted by Crippen LogP contribution is -2.21. The van der Waals surface area contributed by atoms with E-state index in [9.17, 15) is 4.79 Å². The predicted octanol–water partition coefficient (Wildman–Crippen LogP) is 3.61. The first kappa shape index (κ1) is 18.8. The van der Waals surface area contributed by atoms with Crippen LogP contribution in [-0.2, 0) is 17.9 Å². The number of fused-ring (bicyclic) bond motifs is 1. The zero-order valence-corrected chi connectivity index (χ0v) is 16.5. The van der Waals surface area contributed by atoms with Gasteiger partial charge in [-0.2, -0.15) is 5.10 Å². The molecule has 29 heavy (non-hydrogen) atoms. The molecule has 1 N–H and O–H groups in total. The average Bonchev–Trinajstić information content (AvgIpc) is 3.30. The number of nitrogens with zero attached hydrogens (tertiary/aromatic N) is 2. The molecule has 2 heterocycles. The number of carbonyl (C=O) groups excluding carboxylic acids is 1. The predicted molar refractivity (Wildman–Crippen MR) is 111 cm³/mol. The summed E-state index contributed by atoms with van der Waals surface area (Å²) in [4.78, 5) is 12.3. The second-order valence-corrected chi connectivity index (χ2v) is 6.96. The van der Waals surface area contributed by atoms with Gasteiger partial charge in [-0.1, -0.05) is 36.4 Å². The molecule has 0 radical (unpaired) electrons. The summed E-state index contributed by atoms with van der Waals surface area (Å²) in [6.45, 7) is 5.40. The van der Waals surface area contributed by atoms with E-state index in [2.05, 4.69) is 22.5 Å². The summed E-state index contributed by atoms with van der Waals surface area (Å²) in [6, 6.07) is 15.8. The van der Waals surface area contributed by atoms with E-state index >= 15 is 0 Å². The first-order chi connectivity index (χ1) is 14.1. The highest BCUT2D eigenvalue weighted by molar-refractivity contribution is 5.91. The molecule has 0 spiro atoms. The summed E-state index contributed by atoms with van der Waals surface area (Å²) in [7, 11) is 0. The van der Waals surface area contributed by atoms with Gasteiger partial charge in [0.1, 0.15) is 0 Å². The summed E-state index contributed by atoms with van der Waals surface area (Å²) in [5.41, 5.74) is 5.11. The summed E-state index contributed by atoms with van der Waals surface area (Å²) in [5.74, 6) is 1.27. The minimum atomic E-state index is -0.155. The molecule has 0 unspecified atom stereocenters. The topological polar surface area (TPSA) is 65.4 Å². The van der Waals surface area contributed by atoms with Gasteiger partial charge in [-0.05, 0) is 43.2 Å². The fourth-order valence-corrected chi connectivity index (χ4v) is 3.32. The Morgan fingerprint density at radius 1 is 1.14 bits per heavy atom. The van der Waals surface area contributed by atoms with Gasteiger partial charge in [0.15, 0.2) is 11.5 Å². The van der Waals surface area contributed by atoms with Crippen LogP contribution in [-0.4, -0.2) is 22.5 Å². The van der Waals surface area contributed by atoms with Crippen molar-refractivity contribution in [2.24, 2.45) is 0 Å². The van der Waals surface area contributed by atoms with Crippen LogP contribution in [0.25, 0.3) is 6.08 Å². The van der Waals surface area contributed by atoms with E-state index < -0.39 is 0 Å². The number of benzene rings is 2. The molecule has 6 nitrogen and oxygen atoms in total. The van der Waals surface area contributed by atoms with Crippen molar-refractivity contribution in [3.63, 3.8) is 0 Å². The summed E-state index contributed by atoms with van der Waals surface area (Å²) < 4.78 is 12.6. The Bertz CT molecular complexity index is 1050. The Morgan fingerprint density at radius 3 is 2.76 bits per heavy atom. The molecule has 0 saturated carbocycles. The quantitative estimate of drug-likeness (QED) is 0.654. The van der Waals surface area contributed by atoms with Crippen LogP contribution in [0.4, 0.5) is 0 Å². The molecule has 0 aliphatic carbocycles. The van der Waals surface area contributed by atoms with Gasteiger partial charge in [-0.3, -0.25) is 9.48 Å². The second-order valence-electron chi connectivity index (χ2n) is 6.96. The monoisotopic (exact) mass is 389 g/mol. The Hall–Kier alpha value is -3.54. The fraction of sp³-hybridized carbons (Fsp3) is 0.217. The maximum atomic E-state index is 12.3. The third-order valence-corrected chi connectivity index (χ3v) is 4.97. The number of ether oxygens (including phenoxy) is 2. The third-order valence-electron chi connectivity index (χ3n) is 4.97. The van der Waals surface area contributed by atoms with Crippen molar-refractivity contribution >= 4 is 12.0 Å². The first-order valence-corrected chi connectivity index (χ1v) is 9.52.